The Morgan fingerprint density at radius 1 is 1.06 bits per heavy atom. The van der Waals surface area contributed by atoms with E-state index in [2.05, 4.69) is 10.2 Å². The zero-order valence-corrected chi connectivity index (χ0v) is 10.5. The highest BCUT2D eigenvalue weighted by molar-refractivity contribution is 5.94. The van der Waals surface area contributed by atoms with Crippen LogP contribution in [0.1, 0.15) is 10.4 Å². The van der Waals surface area contributed by atoms with Crippen LogP contribution in [-0.2, 0) is 0 Å². The van der Waals surface area contributed by atoms with E-state index in [0.717, 1.165) is 44.8 Å². The lowest BCUT2D eigenvalue weighted by atomic mass is 10.1. The summed E-state index contributed by atoms with van der Waals surface area (Å²) in [6, 6.07) is 10.3. The van der Waals surface area contributed by atoms with Crippen LogP contribution >= 0.6 is 0 Å². The summed E-state index contributed by atoms with van der Waals surface area (Å²) in [4.78, 5) is 16.7. The molecule has 0 aliphatic carbocycles. The second kappa shape index (κ2) is 5.08. The van der Waals surface area contributed by atoms with E-state index in [0.29, 0.717) is 6.04 Å². The Morgan fingerprint density at radius 3 is 2.28 bits per heavy atom. The van der Waals surface area contributed by atoms with E-state index >= 15 is 0 Å². The molecule has 1 amide bonds. The molecule has 0 unspecified atom stereocenters. The third-order valence-corrected chi connectivity index (χ3v) is 3.90. The number of piperazine rings is 1. The lowest BCUT2D eigenvalue weighted by molar-refractivity contribution is 0.0502. The number of nitrogens with zero attached hydrogens (tertiary/aromatic N) is 2. The number of hydrogen-bond donors (Lipinski definition) is 1. The highest BCUT2D eigenvalue weighted by Gasteiger charge is 2.29. The molecule has 1 aromatic rings. The first kappa shape index (κ1) is 11.7. The molecule has 1 aromatic carbocycles. The SMILES string of the molecule is O=C(c1ccccc1)N1CCN(C2CNC2)CC1. The normalized spacial score (nSPS) is 21.7. The minimum Gasteiger partial charge on any atom is -0.336 e. The third-order valence-electron chi connectivity index (χ3n) is 3.90. The minimum atomic E-state index is 0.169. The van der Waals surface area contributed by atoms with Gasteiger partial charge < -0.3 is 10.2 Å². The van der Waals surface area contributed by atoms with Gasteiger partial charge in [-0.05, 0) is 12.1 Å². The average Bonchev–Trinajstić information content (AvgIpc) is 2.38. The summed E-state index contributed by atoms with van der Waals surface area (Å²) in [7, 11) is 0. The van der Waals surface area contributed by atoms with E-state index in [4.69, 9.17) is 0 Å². The number of benzene rings is 1. The third kappa shape index (κ3) is 2.26. The predicted octanol–water partition coefficient (Wildman–Crippen LogP) is 0.416. The van der Waals surface area contributed by atoms with Gasteiger partial charge in [0.1, 0.15) is 0 Å². The first-order valence-electron chi connectivity index (χ1n) is 6.64. The molecule has 2 aliphatic heterocycles. The molecule has 4 nitrogen and oxygen atoms in total. The highest BCUT2D eigenvalue weighted by atomic mass is 16.2. The highest BCUT2D eigenvalue weighted by Crippen LogP contribution is 2.12. The van der Waals surface area contributed by atoms with Crippen LogP contribution in [0.5, 0.6) is 0 Å². The number of amides is 1. The van der Waals surface area contributed by atoms with Gasteiger partial charge >= 0.3 is 0 Å². The second-order valence-corrected chi connectivity index (χ2v) is 5.01. The molecule has 0 radical (unpaired) electrons. The summed E-state index contributed by atoms with van der Waals surface area (Å²) in [5.74, 6) is 0.169. The minimum absolute atomic E-state index is 0.169. The van der Waals surface area contributed by atoms with Crippen LogP contribution in [0.3, 0.4) is 0 Å². The van der Waals surface area contributed by atoms with Gasteiger partial charge in [-0.3, -0.25) is 9.69 Å². The van der Waals surface area contributed by atoms with Crippen LogP contribution in [0, 0.1) is 0 Å². The van der Waals surface area contributed by atoms with Gasteiger partial charge in [0.15, 0.2) is 0 Å². The predicted molar refractivity (Wildman–Crippen MR) is 70.6 cm³/mol. The van der Waals surface area contributed by atoms with Crippen molar-refractivity contribution < 1.29 is 4.79 Å². The standard InChI is InChI=1S/C14H19N3O/c18-14(12-4-2-1-3-5-12)17-8-6-16(7-9-17)13-10-15-11-13/h1-5,13,15H,6-11H2. The lowest BCUT2D eigenvalue weighted by Gasteiger charge is -2.43. The Bertz CT molecular complexity index is 408. The number of rotatable bonds is 2. The van der Waals surface area contributed by atoms with Crippen molar-refractivity contribution in [3.05, 3.63) is 35.9 Å². The average molecular weight is 245 g/mol. The van der Waals surface area contributed by atoms with Crippen molar-refractivity contribution in [2.24, 2.45) is 0 Å². The summed E-state index contributed by atoms with van der Waals surface area (Å²) < 4.78 is 0. The molecule has 0 spiro atoms. The quantitative estimate of drug-likeness (QED) is 0.820. The van der Waals surface area contributed by atoms with Crippen LogP contribution < -0.4 is 5.32 Å². The molecule has 2 aliphatic rings. The smallest absolute Gasteiger partial charge is 0.253 e. The zero-order valence-electron chi connectivity index (χ0n) is 10.5. The summed E-state index contributed by atoms with van der Waals surface area (Å²) in [6.07, 6.45) is 0. The van der Waals surface area contributed by atoms with Gasteiger partial charge in [0, 0.05) is 50.9 Å². The zero-order chi connectivity index (χ0) is 12.4. The van der Waals surface area contributed by atoms with Gasteiger partial charge in [-0.25, -0.2) is 0 Å². The summed E-state index contributed by atoms with van der Waals surface area (Å²) in [5, 5.41) is 3.30. The van der Waals surface area contributed by atoms with E-state index < -0.39 is 0 Å². The molecule has 96 valence electrons. The van der Waals surface area contributed by atoms with Gasteiger partial charge in [0.2, 0.25) is 0 Å². The van der Waals surface area contributed by atoms with Crippen molar-refractivity contribution >= 4 is 5.91 Å². The maximum atomic E-state index is 12.3. The maximum Gasteiger partial charge on any atom is 0.253 e. The number of nitrogens with one attached hydrogen (secondary N) is 1. The lowest BCUT2D eigenvalue weighted by Crippen LogP contribution is -2.62. The van der Waals surface area contributed by atoms with Gasteiger partial charge in [-0.2, -0.15) is 0 Å². The molecule has 2 fully saturated rings. The first-order chi connectivity index (χ1) is 8.84. The summed E-state index contributed by atoms with van der Waals surface area (Å²) in [6.45, 7) is 5.92. The van der Waals surface area contributed by atoms with Crippen molar-refractivity contribution in [1.29, 1.82) is 0 Å². The van der Waals surface area contributed by atoms with Crippen molar-refractivity contribution in [3.63, 3.8) is 0 Å². The van der Waals surface area contributed by atoms with Gasteiger partial charge in [0.05, 0.1) is 0 Å². The Hall–Kier alpha value is -1.39. The fourth-order valence-electron chi connectivity index (χ4n) is 2.59. The van der Waals surface area contributed by atoms with E-state index in [1.54, 1.807) is 0 Å². The Balaban J connectivity index is 1.57. The van der Waals surface area contributed by atoms with Crippen LogP contribution in [0.25, 0.3) is 0 Å². The van der Waals surface area contributed by atoms with Crippen LogP contribution in [0.15, 0.2) is 30.3 Å². The summed E-state index contributed by atoms with van der Waals surface area (Å²) >= 11 is 0. The number of hydrogen-bond acceptors (Lipinski definition) is 3. The summed E-state index contributed by atoms with van der Waals surface area (Å²) in [5.41, 5.74) is 0.802. The maximum absolute atomic E-state index is 12.3. The largest absolute Gasteiger partial charge is 0.336 e. The van der Waals surface area contributed by atoms with Gasteiger partial charge in [0.25, 0.3) is 5.91 Å². The molecule has 0 bridgehead atoms. The molecular weight excluding hydrogens is 226 g/mol. The molecular formula is C14H19N3O. The molecule has 0 aromatic heterocycles. The second-order valence-electron chi connectivity index (χ2n) is 5.01. The number of carbonyl (C=O) groups is 1. The molecule has 1 N–H and O–H groups in total. The van der Waals surface area contributed by atoms with Crippen molar-refractivity contribution in [2.75, 3.05) is 39.3 Å². The Labute approximate surface area is 108 Å². The molecule has 18 heavy (non-hydrogen) atoms. The monoisotopic (exact) mass is 245 g/mol. The van der Waals surface area contributed by atoms with E-state index in [-0.39, 0.29) is 5.91 Å². The molecule has 0 saturated carbocycles. The topological polar surface area (TPSA) is 35.6 Å². The van der Waals surface area contributed by atoms with Crippen molar-refractivity contribution in [3.8, 4) is 0 Å². The molecule has 2 saturated heterocycles. The van der Waals surface area contributed by atoms with Crippen molar-refractivity contribution in [2.45, 2.75) is 6.04 Å². The molecule has 3 rings (SSSR count). The van der Waals surface area contributed by atoms with Crippen LogP contribution in [0.4, 0.5) is 0 Å². The van der Waals surface area contributed by atoms with Gasteiger partial charge in [-0.15, -0.1) is 0 Å². The van der Waals surface area contributed by atoms with E-state index in [1.807, 2.05) is 35.2 Å². The van der Waals surface area contributed by atoms with E-state index in [9.17, 15) is 4.79 Å². The fourth-order valence-corrected chi connectivity index (χ4v) is 2.59. The Kier molecular flexibility index (Phi) is 3.30. The molecule has 4 heteroatoms. The van der Waals surface area contributed by atoms with E-state index in [1.165, 1.54) is 0 Å². The van der Waals surface area contributed by atoms with Crippen molar-refractivity contribution in [1.82, 2.24) is 15.1 Å². The van der Waals surface area contributed by atoms with Gasteiger partial charge in [-0.1, -0.05) is 18.2 Å². The fraction of sp³-hybridized carbons (Fsp3) is 0.500. The van der Waals surface area contributed by atoms with Crippen LogP contribution in [0.2, 0.25) is 0 Å². The molecule has 2 heterocycles. The number of carbonyl (C=O) groups excluding carboxylic acids is 1. The molecule has 0 atom stereocenters. The Morgan fingerprint density at radius 2 is 1.72 bits per heavy atom. The first-order valence-corrected chi connectivity index (χ1v) is 6.64. The van der Waals surface area contributed by atoms with Crippen LogP contribution in [-0.4, -0.2) is 61.0 Å².